The molecule has 0 aliphatic heterocycles. The van der Waals surface area contributed by atoms with Crippen molar-refractivity contribution >= 4 is 21.7 Å². The van der Waals surface area contributed by atoms with Gasteiger partial charge in [0.05, 0.1) is 18.4 Å². The van der Waals surface area contributed by atoms with E-state index in [4.69, 9.17) is 5.73 Å². The number of nitrogens with zero attached hydrogens (tertiary/aromatic N) is 1. The molecule has 1 saturated carbocycles. The van der Waals surface area contributed by atoms with E-state index >= 15 is 0 Å². The Hall–Kier alpha value is -1.60. The fourth-order valence-corrected chi connectivity index (χ4v) is 3.30. The molecule has 1 aliphatic rings. The zero-order valence-electron chi connectivity index (χ0n) is 11.5. The second-order valence-electron chi connectivity index (χ2n) is 4.97. The molecule has 110 valence electrons. The molecule has 1 fully saturated rings. The number of rotatable bonds is 5. The van der Waals surface area contributed by atoms with Gasteiger partial charge in [-0.25, -0.2) is 17.5 Å². The van der Waals surface area contributed by atoms with E-state index in [2.05, 4.69) is 4.74 Å². The van der Waals surface area contributed by atoms with Crippen molar-refractivity contribution in [3.63, 3.8) is 0 Å². The summed E-state index contributed by atoms with van der Waals surface area (Å²) in [5.41, 5.74) is 6.05. The molecule has 0 heterocycles. The summed E-state index contributed by atoms with van der Waals surface area (Å²) in [5, 5.41) is 0. The summed E-state index contributed by atoms with van der Waals surface area (Å²) in [7, 11) is -0.818. The van der Waals surface area contributed by atoms with Crippen molar-refractivity contribution in [3.05, 3.63) is 23.8 Å². The lowest BCUT2D eigenvalue weighted by molar-refractivity contribution is 0.0600. The van der Waals surface area contributed by atoms with E-state index < -0.39 is 16.0 Å². The lowest BCUT2D eigenvalue weighted by Crippen LogP contribution is -2.29. The van der Waals surface area contributed by atoms with Gasteiger partial charge in [0.2, 0.25) is 10.0 Å². The zero-order chi connectivity index (χ0) is 14.9. The van der Waals surface area contributed by atoms with Crippen molar-refractivity contribution in [2.24, 2.45) is 5.92 Å². The van der Waals surface area contributed by atoms with Gasteiger partial charge in [-0.1, -0.05) is 0 Å². The predicted molar refractivity (Wildman–Crippen MR) is 74.7 cm³/mol. The van der Waals surface area contributed by atoms with Gasteiger partial charge in [0.25, 0.3) is 0 Å². The van der Waals surface area contributed by atoms with Gasteiger partial charge in [-0.05, 0) is 37.0 Å². The highest BCUT2D eigenvalue weighted by Crippen LogP contribution is 2.32. The van der Waals surface area contributed by atoms with Crippen LogP contribution in [0.25, 0.3) is 0 Å². The molecule has 2 N–H and O–H groups in total. The minimum atomic E-state index is -3.62. The highest BCUT2D eigenvalue weighted by atomic mass is 32.2. The zero-order valence-corrected chi connectivity index (χ0v) is 12.3. The molecule has 0 aromatic heterocycles. The van der Waals surface area contributed by atoms with Crippen LogP contribution >= 0.6 is 0 Å². The normalized spacial score (nSPS) is 15.3. The summed E-state index contributed by atoms with van der Waals surface area (Å²) in [5.74, 6) is -0.0997. The van der Waals surface area contributed by atoms with E-state index in [-0.39, 0.29) is 16.1 Å². The highest BCUT2D eigenvalue weighted by Gasteiger charge is 2.30. The Balaban J connectivity index is 2.29. The number of carbonyl (C=O) groups excluding carboxylic acids is 1. The second-order valence-corrected chi connectivity index (χ2v) is 6.99. The lowest BCUT2D eigenvalue weighted by Gasteiger charge is -2.18. The first-order chi connectivity index (χ1) is 9.36. The molecular formula is C13H18N2O4S. The monoisotopic (exact) mass is 298 g/mol. The van der Waals surface area contributed by atoms with Crippen LogP contribution in [-0.2, 0) is 14.8 Å². The van der Waals surface area contributed by atoms with Gasteiger partial charge in [0, 0.05) is 13.6 Å². The van der Waals surface area contributed by atoms with Crippen molar-refractivity contribution in [1.82, 2.24) is 4.31 Å². The first-order valence-corrected chi connectivity index (χ1v) is 7.74. The fraction of sp³-hybridized carbons (Fsp3) is 0.462. The van der Waals surface area contributed by atoms with Crippen LogP contribution in [0.2, 0.25) is 0 Å². The Kier molecular flexibility index (Phi) is 4.01. The van der Waals surface area contributed by atoms with Crippen LogP contribution in [0, 0.1) is 5.92 Å². The van der Waals surface area contributed by atoms with Crippen LogP contribution in [0.1, 0.15) is 23.2 Å². The molecule has 1 aromatic rings. The first kappa shape index (κ1) is 14.8. The summed E-state index contributed by atoms with van der Waals surface area (Å²) < 4.78 is 30.7. The van der Waals surface area contributed by atoms with Crippen molar-refractivity contribution in [2.75, 3.05) is 26.4 Å². The molecular weight excluding hydrogens is 280 g/mol. The van der Waals surface area contributed by atoms with Crippen LogP contribution in [0.3, 0.4) is 0 Å². The molecule has 1 aromatic carbocycles. The minimum Gasteiger partial charge on any atom is -0.465 e. The van der Waals surface area contributed by atoms with Crippen molar-refractivity contribution in [1.29, 1.82) is 0 Å². The largest absolute Gasteiger partial charge is 0.465 e. The Morgan fingerprint density at radius 2 is 2.10 bits per heavy atom. The van der Waals surface area contributed by atoms with E-state index in [1.54, 1.807) is 7.05 Å². The number of nitrogens with two attached hydrogens (primary N) is 1. The maximum atomic E-state index is 12.4. The molecule has 0 saturated heterocycles. The summed E-state index contributed by atoms with van der Waals surface area (Å²) in [6.45, 7) is 0.501. The fourth-order valence-electron chi connectivity index (χ4n) is 1.96. The molecule has 0 radical (unpaired) electrons. The van der Waals surface area contributed by atoms with E-state index in [9.17, 15) is 13.2 Å². The number of anilines is 1. The van der Waals surface area contributed by atoms with Gasteiger partial charge in [-0.3, -0.25) is 0 Å². The summed E-state index contributed by atoms with van der Waals surface area (Å²) in [6.07, 6.45) is 2.13. The number of benzene rings is 1. The van der Waals surface area contributed by atoms with Gasteiger partial charge in [-0.15, -0.1) is 0 Å². The minimum absolute atomic E-state index is 0.0216. The topological polar surface area (TPSA) is 89.7 Å². The third-order valence-electron chi connectivity index (χ3n) is 3.33. The molecule has 6 nitrogen and oxygen atoms in total. The Morgan fingerprint density at radius 1 is 1.45 bits per heavy atom. The Labute approximate surface area is 118 Å². The van der Waals surface area contributed by atoms with Crippen LogP contribution < -0.4 is 5.73 Å². The number of hydrogen-bond donors (Lipinski definition) is 1. The molecule has 1 aliphatic carbocycles. The van der Waals surface area contributed by atoms with Crippen molar-refractivity contribution < 1.29 is 17.9 Å². The highest BCUT2D eigenvalue weighted by molar-refractivity contribution is 7.89. The maximum Gasteiger partial charge on any atom is 0.337 e. The number of nitrogen functional groups attached to an aromatic ring is 1. The molecule has 0 amide bonds. The number of methoxy groups -OCH3 is 1. The second kappa shape index (κ2) is 5.41. The van der Waals surface area contributed by atoms with Gasteiger partial charge in [0.1, 0.15) is 4.90 Å². The van der Waals surface area contributed by atoms with E-state index in [0.29, 0.717) is 12.5 Å². The SMILES string of the molecule is COC(=O)c1ccc(S(=O)(=O)N(C)CC2CC2)c(N)c1. The molecule has 7 heteroatoms. The lowest BCUT2D eigenvalue weighted by atomic mass is 10.2. The van der Waals surface area contributed by atoms with Crippen LogP contribution in [-0.4, -0.2) is 39.4 Å². The Bertz CT molecular complexity index is 623. The van der Waals surface area contributed by atoms with Crippen molar-refractivity contribution in [2.45, 2.75) is 17.7 Å². The predicted octanol–water partition coefficient (Wildman–Crippen LogP) is 1.09. The third-order valence-corrected chi connectivity index (χ3v) is 5.23. The average molecular weight is 298 g/mol. The molecule has 0 bridgehead atoms. The molecule has 2 rings (SSSR count). The van der Waals surface area contributed by atoms with Crippen molar-refractivity contribution in [3.8, 4) is 0 Å². The number of ether oxygens (including phenoxy) is 1. The van der Waals surface area contributed by atoms with Crippen LogP contribution in [0.4, 0.5) is 5.69 Å². The molecule has 0 atom stereocenters. The number of carbonyl (C=O) groups is 1. The van der Waals surface area contributed by atoms with Gasteiger partial charge in [0.15, 0.2) is 0 Å². The number of hydrogen-bond acceptors (Lipinski definition) is 5. The molecule has 20 heavy (non-hydrogen) atoms. The van der Waals surface area contributed by atoms with Crippen LogP contribution in [0.5, 0.6) is 0 Å². The molecule has 0 spiro atoms. The first-order valence-electron chi connectivity index (χ1n) is 6.30. The quantitative estimate of drug-likeness (QED) is 0.649. The number of sulfonamides is 1. The van der Waals surface area contributed by atoms with E-state index in [0.717, 1.165) is 12.8 Å². The average Bonchev–Trinajstić information content (AvgIpc) is 3.21. The van der Waals surface area contributed by atoms with Crippen LogP contribution in [0.15, 0.2) is 23.1 Å². The standard InChI is InChI=1S/C13H18N2O4S/c1-15(8-9-3-4-9)20(17,18)12-6-5-10(7-11(12)14)13(16)19-2/h5-7,9H,3-4,8,14H2,1-2H3. The molecule has 0 unspecified atom stereocenters. The summed E-state index contributed by atoms with van der Waals surface area (Å²) in [4.78, 5) is 11.4. The van der Waals surface area contributed by atoms with E-state index in [1.165, 1.54) is 29.6 Å². The van der Waals surface area contributed by atoms with E-state index in [1.807, 2.05) is 0 Å². The van der Waals surface area contributed by atoms with Gasteiger partial charge >= 0.3 is 5.97 Å². The Morgan fingerprint density at radius 3 is 2.60 bits per heavy atom. The third kappa shape index (κ3) is 2.94. The maximum absolute atomic E-state index is 12.4. The number of esters is 1. The van der Waals surface area contributed by atoms with Gasteiger partial charge in [-0.2, -0.15) is 0 Å². The van der Waals surface area contributed by atoms with Gasteiger partial charge < -0.3 is 10.5 Å². The smallest absolute Gasteiger partial charge is 0.337 e. The summed E-state index contributed by atoms with van der Waals surface area (Å²) in [6, 6.07) is 4.07. The summed E-state index contributed by atoms with van der Waals surface area (Å²) >= 11 is 0.